The van der Waals surface area contributed by atoms with E-state index < -0.39 is 11.3 Å². The molecule has 0 aliphatic carbocycles. The van der Waals surface area contributed by atoms with Crippen molar-refractivity contribution in [1.82, 2.24) is 5.32 Å². The van der Waals surface area contributed by atoms with Crippen molar-refractivity contribution >= 4 is 11.6 Å². The number of methoxy groups -OCH3 is 2. The van der Waals surface area contributed by atoms with Gasteiger partial charge in [-0.2, -0.15) is 0 Å². The maximum Gasteiger partial charge on any atom is 0.269 e. The van der Waals surface area contributed by atoms with Crippen molar-refractivity contribution in [2.24, 2.45) is 5.16 Å². The van der Waals surface area contributed by atoms with Gasteiger partial charge in [-0.3, -0.25) is 4.79 Å². The van der Waals surface area contributed by atoms with Crippen molar-refractivity contribution in [2.75, 3.05) is 21.3 Å². The number of nitrogens with zero attached hydrogens (tertiary/aromatic N) is 1. The van der Waals surface area contributed by atoms with Gasteiger partial charge in [0, 0.05) is 12.5 Å². The lowest BCUT2D eigenvalue weighted by Gasteiger charge is -2.26. The molecule has 1 rings (SSSR count). The van der Waals surface area contributed by atoms with Crippen LogP contribution in [0.3, 0.4) is 0 Å². The van der Waals surface area contributed by atoms with E-state index in [9.17, 15) is 4.79 Å². The second-order valence-electron chi connectivity index (χ2n) is 4.72. The number of amides is 1. The van der Waals surface area contributed by atoms with Gasteiger partial charge in [0.1, 0.15) is 0 Å². The third-order valence-corrected chi connectivity index (χ3v) is 3.24. The van der Waals surface area contributed by atoms with Gasteiger partial charge in [-0.05, 0) is 31.5 Å². The molecule has 2 N–H and O–H groups in total. The minimum Gasteiger partial charge on any atom is -0.493 e. The summed E-state index contributed by atoms with van der Waals surface area (Å²) >= 11 is 0. The summed E-state index contributed by atoms with van der Waals surface area (Å²) < 4.78 is 10.4. The number of rotatable bonds is 5. The number of hydrogen-bond acceptors (Lipinski definition) is 5. The van der Waals surface area contributed by atoms with Gasteiger partial charge in [0.05, 0.1) is 14.2 Å². The Balaban J connectivity index is 3.31. The summed E-state index contributed by atoms with van der Waals surface area (Å²) in [6.07, 6.45) is 0. The number of oxime groups is 1. The van der Waals surface area contributed by atoms with Crippen LogP contribution < -0.4 is 14.8 Å². The molecule has 0 heterocycles. The number of carbonyl (C=O) groups is 1. The van der Waals surface area contributed by atoms with Gasteiger partial charge in [-0.15, -0.1) is 0 Å². The summed E-state index contributed by atoms with van der Waals surface area (Å²) in [6, 6.07) is 5.30. The van der Waals surface area contributed by atoms with E-state index in [1.165, 1.54) is 14.2 Å². The van der Waals surface area contributed by atoms with Gasteiger partial charge < -0.3 is 20.0 Å². The molecule has 0 aromatic heterocycles. The van der Waals surface area contributed by atoms with Crippen LogP contribution in [-0.2, 0) is 10.2 Å². The first-order valence-corrected chi connectivity index (χ1v) is 6.09. The molecule has 0 saturated carbocycles. The molecule has 1 amide bonds. The average molecular weight is 280 g/mol. The lowest BCUT2D eigenvalue weighted by molar-refractivity contribution is -0.114. The molecule has 110 valence electrons. The Morgan fingerprint density at radius 3 is 2.30 bits per heavy atom. The van der Waals surface area contributed by atoms with Gasteiger partial charge in [0.2, 0.25) is 0 Å². The highest BCUT2D eigenvalue weighted by molar-refractivity contribution is 6.41. The van der Waals surface area contributed by atoms with Crippen molar-refractivity contribution in [1.29, 1.82) is 0 Å². The standard InChI is InChI=1S/C14H20N2O4/c1-14(2,12(16-18)13(17)15-3)9-6-7-10(19-4)11(8-9)20-5/h6-8,18H,1-5H3,(H,15,17)/b16-12+. The minimum atomic E-state index is -0.783. The van der Waals surface area contributed by atoms with Crippen molar-refractivity contribution in [3.05, 3.63) is 23.8 Å². The van der Waals surface area contributed by atoms with Crippen LogP contribution >= 0.6 is 0 Å². The number of nitrogens with one attached hydrogen (secondary N) is 1. The number of ether oxygens (including phenoxy) is 2. The zero-order valence-corrected chi connectivity index (χ0v) is 12.4. The third-order valence-electron chi connectivity index (χ3n) is 3.24. The monoisotopic (exact) mass is 280 g/mol. The first kappa shape index (κ1) is 15.8. The first-order valence-electron chi connectivity index (χ1n) is 6.09. The quantitative estimate of drug-likeness (QED) is 0.487. The molecule has 0 unspecified atom stereocenters. The fraction of sp³-hybridized carbons (Fsp3) is 0.429. The minimum absolute atomic E-state index is 0.0206. The summed E-state index contributed by atoms with van der Waals surface area (Å²) in [6.45, 7) is 3.58. The lowest BCUT2D eigenvalue weighted by Crippen LogP contribution is -2.41. The maximum absolute atomic E-state index is 11.8. The SMILES string of the molecule is CNC(=O)/C(=N\O)C(C)(C)c1ccc(OC)c(OC)c1. The average Bonchev–Trinajstić information content (AvgIpc) is 2.46. The van der Waals surface area contributed by atoms with Crippen molar-refractivity contribution in [3.8, 4) is 11.5 Å². The molecule has 0 fully saturated rings. The molecule has 6 nitrogen and oxygen atoms in total. The molecule has 0 radical (unpaired) electrons. The van der Waals surface area contributed by atoms with Gasteiger partial charge in [0.15, 0.2) is 17.2 Å². The maximum atomic E-state index is 11.8. The van der Waals surface area contributed by atoms with E-state index in [-0.39, 0.29) is 5.71 Å². The van der Waals surface area contributed by atoms with E-state index in [2.05, 4.69) is 10.5 Å². The van der Waals surface area contributed by atoms with E-state index >= 15 is 0 Å². The summed E-state index contributed by atoms with van der Waals surface area (Å²) in [5.74, 6) is 0.703. The van der Waals surface area contributed by atoms with Crippen LogP contribution in [0.1, 0.15) is 19.4 Å². The Kier molecular flexibility index (Phi) is 4.96. The normalized spacial score (nSPS) is 11.9. The van der Waals surface area contributed by atoms with Crippen LogP contribution in [0.2, 0.25) is 0 Å². The zero-order valence-electron chi connectivity index (χ0n) is 12.4. The molecular formula is C14H20N2O4. The zero-order chi connectivity index (χ0) is 15.3. The Morgan fingerprint density at radius 2 is 1.85 bits per heavy atom. The molecule has 0 atom stereocenters. The fourth-order valence-electron chi connectivity index (χ4n) is 1.93. The number of benzene rings is 1. The highest BCUT2D eigenvalue weighted by atomic mass is 16.5. The van der Waals surface area contributed by atoms with Crippen LogP contribution in [0.4, 0.5) is 0 Å². The predicted octanol–water partition coefficient (Wildman–Crippen LogP) is 1.56. The summed E-state index contributed by atoms with van der Waals surface area (Å²) in [7, 11) is 4.57. The lowest BCUT2D eigenvalue weighted by atomic mass is 9.79. The van der Waals surface area contributed by atoms with E-state index in [0.717, 1.165) is 5.56 Å². The summed E-state index contributed by atoms with van der Waals surface area (Å²) in [4.78, 5) is 11.8. The molecule has 0 spiro atoms. The van der Waals surface area contributed by atoms with Crippen LogP contribution in [-0.4, -0.2) is 38.1 Å². The molecule has 20 heavy (non-hydrogen) atoms. The highest BCUT2D eigenvalue weighted by Crippen LogP contribution is 2.34. The Bertz CT molecular complexity index is 524. The molecular weight excluding hydrogens is 260 g/mol. The topological polar surface area (TPSA) is 80.2 Å². The third kappa shape index (κ3) is 2.84. The molecule has 1 aromatic carbocycles. The molecule has 0 aliphatic rings. The van der Waals surface area contributed by atoms with Crippen molar-refractivity contribution in [3.63, 3.8) is 0 Å². The summed E-state index contributed by atoms with van der Waals surface area (Å²) in [5, 5.41) is 14.7. The molecule has 0 bridgehead atoms. The second-order valence-corrected chi connectivity index (χ2v) is 4.72. The molecule has 6 heteroatoms. The second kappa shape index (κ2) is 6.27. The molecule has 0 saturated heterocycles. The Morgan fingerprint density at radius 1 is 1.25 bits per heavy atom. The Hall–Kier alpha value is -2.24. The highest BCUT2D eigenvalue weighted by Gasteiger charge is 2.33. The van der Waals surface area contributed by atoms with Crippen molar-refractivity contribution < 1.29 is 19.5 Å². The summed E-state index contributed by atoms with van der Waals surface area (Å²) in [5.41, 5.74) is 0.00719. The largest absolute Gasteiger partial charge is 0.493 e. The van der Waals surface area contributed by atoms with E-state index in [1.54, 1.807) is 39.2 Å². The van der Waals surface area contributed by atoms with Gasteiger partial charge >= 0.3 is 0 Å². The van der Waals surface area contributed by atoms with Gasteiger partial charge in [-0.1, -0.05) is 11.2 Å². The van der Waals surface area contributed by atoms with Gasteiger partial charge in [-0.25, -0.2) is 0 Å². The van der Waals surface area contributed by atoms with Crippen LogP contribution in [0.5, 0.6) is 11.5 Å². The predicted molar refractivity (Wildman–Crippen MR) is 75.9 cm³/mol. The van der Waals surface area contributed by atoms with E-state index in [1.807, 2.05) is 0 Å². The molecule has 1 aromatic rings. The molecule has 0 aliphatic heterocycles. The van der Waals surface area contributed by atoms with E-state index in [0.29, 0.717) is 11.5 Å². The van der Waals surface area contributed by atoms with Crippen LogP contribution in [0.15, 0.2) is 23.4 Å². The fourth-order valence-corrected chi connectivity index (χ4v) is 1.93. The van der Waals surface area contributed by atoms with Gasteiger partial charge in [0.25, 0.3) is 5.91 Å². The Labute approximate surface area is 118 Å². The first-order chi connectivity index (χ1) is 9.42. The van der Waals surface area contributed by atoms with E-state index in [4.69, 9.17) is 14.7 Å². The van der Waals surface area contributed by atoms with Crippen LogP contribution in [0.25, 0.3) is 0 Å². The number of hydrogen-bond donors (Lipinski definition) is 2. The smallest absolute Gasteiger partial charge is 0.269 e. The van der Waals surface area contributed by atoms with Crippen LogP contribution in [0, 0.1) is 0 Å². The van der Waals surface area contributed by atoms with Crippen molar-refractivity contribution in [2.45, 2.75) is 19.3 Å². The number of carbonyl (C=O) groups excluding carboxylic acids is 1.